The largest absolute Gasteiger partial charge is 0.493 e. The summed E-state index contributed by atoms with van der Waals surface area (Å²) in [4.78, 5) is 12.7. The summed E-state index contributed by atoms with van der Waals surface area (Å²) in [5.74, 6) is 1.62. The minimum atomic E-state index is -0.0400. The first-order valence-corrected chi connectivity index (χ1v) is 9.98. The van der Waals surface area contributed by atoms with Crippen molar-refractivity contribution in [1.82, 2.24) is 0 Å². The number of carbonyl (C=O) groups is 1. The fourth-order valence-electron chi connectivity index (χ4n) is 3.59. The molecule has 0 spiro atoms. The molecule has 3 aromatic rings. The van der Waals surface area contributed by atoms with Crippen LogP contribution in [0.25, 0.3) is 17.2 Å². The van der Waals surface area contributed by atoms with Gasteiger partial charge in [0.2, 0.25) is 0 Å². The third-order valence-corrected chi connectivity index (χ3v) is 5.02. The summed E-state index contributed by atoms with van der Waals surface area (Å²) in [6, 6.07) is 21.8. The number of ether oxygens (including phenoxy) is 2. The predicted molar refractivity (Wildman–Crippen MR) is 117 cm³/mol. The lowest BCUT2D eigenvalue weighted by molar-refractivity contribution is 0.104. The Hall–Kier alpha value is -3.33. The van der Waals surface area contributed by atoms with E-state index in [0.29, 0.717) is 12.2 Å². The van der Waals surface area contributed by atoms with Gasteiger partial charge < -0.3 is 9.47 Å². The Labute approximate surface area is 171 Å². The molecule has 0 unspecified atom stereocenters. The summed E-state index contributed by atoms with van der Waals surface area (Å²) in [6.07, 6.45) is 4.46. The molecule has 0 fully saturated rings. The van der Waals surface area contributed by atoms with E-state index in [4.69, 9.17) is 9.47 Å². The maximum atomic E-state index is 12.7. The summed E-state index contributed by atoms with van der Waals surface area (Å²) in [5, 5.41) is 0. The molecule has 0 radical (unpaired) electrons. The van der Waals surface area contributed by atoms with E-state index in [1.807, 2.05) is 67.6 Å². The van der Waals surface area contributed by atoms with Gasteiger partial charge in [-0.05, 0) is 49.3 Å². The summed E-state index contributed by atoms with van der Waals surface area (Å²) in [6.45, 7) is 4.59. The van der Waals surface area contributed by atoms with Crippen molar-refractivity contribution in [3.8, 4) is 22.6 Å². The van der Waals surface area contributed by atoms with Crippen LogP contribution < -0.4 is 9.47 Å². The molecular formula is C26H24O3. The quantitative estimate of drug-likeness (QED) is 0.388. The first-order chi connectivity index (χ1) is 14.1. The third-order valence-electron chi connectivity index (χ3n) is 5.02. The molecular weight excluding hydrogens is 360 g/mol. The zero-order valence-corrected chi connectivity index (χ0v) is 16.7. The molecule has 0 bridgehead atoms. The van der Waals surface area contributed by atoms with Crippen LogP contribution >= 0.6 is 0 Å². The number of hydrogen-bond donors (Lipinski definition) is 0. The molecule has 0 saturated carbocycles. The topological polar surface area (TPSA) is 35.5 Å². The van der Waals surface area contributed by atoms with Gasteiger partial charge in [-0.1, -0.05) is 54.6 Å². The Morgan fingerprint density at radius 1 is 1.07 bits per heavy atom. The highest BCUT2D eigenvalue weighted by Gasteiger charge is 2.21. The molecule has 3 nitrogen and oxygen atoms in total. The molecule has 3 heteroatoms. The maximum absolute atomic E-state index is 12.7. The van der Waals surface area contributed by atoms with Crippen LogP contribution in [0.5, 0.6) is 11.5 Å². The molecule has 0 N–H and O–H groups in total. The minimum absolute atomic E-state index is 0.0400. The second-order valence-corrected chi connectivity index (χ2v) is 7.20. The summed E-state index contributed by atoms with van der Waals surface area (Å²) >= 11 is 0. The van der Waals surface area contributed by atoms with E-state index in [1.165, 1.54) is 0 Å². The first kappa shape index (κ1) is 19.0. The molecule has 3 aromatic carbocycles. The Bertz CT molecular complexity index is 1030. The number of ketones is 1. The van der Waals surface area contributed by atoms with E-state index in [2.05, 4.69) is 19.1 Å². The normalized spacial score (nSPS) is 15.2. The second-order valence-electron chi connectivity index (χ2n) is 7.20. The van der Waals surface area contributed by atoms with E-state index in [-0.39, 0.29) is 11.9 Å². The molecule has 4 rings (SSSR count). The van der Waals surface area contributed by atoms with Gasteiger partial charge in [-0.15, -0.1) is 0 Å². The van der Waals surface area contributed by atoms with E-state index < -0.39 is 0 Å². The second kappa shape index (κ2) is 8.36. The molecule has 0 amide bonds. The van der Waals surface area contributed by atoms with Crippen LogP contribution in [-0.4, -0.2) is 18.5 Å². The molecule has 0 aromatic heterocycles. The zero-order chi connectivity index (χ0) is 20.2. The van der Waals surface area contributed by atoms with Crippen LogP contribution in [0.4, 0.5) is 0 Å². The van der Waals surface area contributed by atoms with Gasteiger partial charge >= 0.3 is 0 Å². The van der Waals surface area contributed by atoms with Crippen molar-refractivity contribution >= 4 is 11.9 Å². The van der Waals surface area contributed by atoms with Crippen molar-refractivity contribution in [3.63, 3.8) is 0 Å². The van der Waals surface area contributed by atoms with Crippen LogP contribution in [0.1, 0.15) is 35.3 Å². The lowest BCUT2D eigenvalue weighted by atomic mass is 10.0. The van der Waals surface area contributed by atoms with Gasteiger partial charge in [0.05, 0.1) is 6.61 Å². The highest BCUT2D eigenvalue weighted by molar-refractivity contribution is 6.07. The van der Waals surface area contributed by atoms with Gasteiger partial charge in [0.25, 0.3) is 0 Å². The number of fused-ring (bicyclic) bond motifs is 1. The lowest BCUT2D eigenvalue weighted by Gasteiger charge is -2.10. The van der Waals surface area contributed by atoms with Gasteiger partial charge in [0.1, 0.15) is 17.6 Å². The molecule has 1 atom stereocenters. The van der Waals surface area contributed by atoms with E-state index in [1.54, 1.807) is 6.08 Å². The first-order valence-electron chi connectivity index (χ1n) is 9.98. The van der Waals surface area contributed by atoms with Crippen LogP contribution in [0.3, 0.4) is 0 Å². The zero-order valence-electron chi connectivity index (χ0n) is 16.7. The van der Waals surface area contributed by atoms with Crippen LogP contribution in [-0.2, 0) is 6.42 Å². The molecule has 1 heterocycles. The Morgan fingerprint density at radius 3 is 2.52 bits per heavy atom. The van der Waals surface area contributed by atoms with Crippen molar-refractivity contribution in [2.75, 3.05) is 6.61 Å². The van der Waals surface area contributed by atoms with Crippen molar-refractivity contribution in [3.05, 3.63) is 89.5 Å². The molecule has 29 heavy (non-hydrogen) atoms. The summed E-state index contributed by atoms with van der Waals surface area (Å²) < 4.78 is 11.6. The van der Waals surface area contributed by atoms with Crippen molar-refractivity contribution in [2.24, 2.45) is 0 Å². The monoisotopic (exact) mass is 384 g/mol. The minimum Gasteiger partial charge on any atom is -0.493 e. The Balaban J connectivity index is 1.54. The van der Waals surface area contributed by atoms with Crippen LogP contribution in [0, 0.1) is 0 Å². The highest BCUT2D eigenvalue weighted by atomic mass is 16.5. The summed E-state index contributed by atoms with van der Waals surface area (Å²) in [5.41, 5.74) is 4.89. The van der Waals surface area contributed by atoms with E-state index in [9.17, 15) is 4.79 Å². The summed E-state index contributed by atoms with van der Waals surface area (Å²) in [7, 11) is 0. The number of rotatable bonds is 6. The van der Waals surface area contributed by atoms with Gasteiger partial charge in [0, 0.05) is 23.1 Å². The van der Waals surface area contributed by atoms with Crippen molar-refractivity contribution < 1.29 is 14.3 Å². The number of allylic oxidation sites excluding steroid dienone is 1. The van der Waals surface area contributed by atoms with Crippen LogP contribution in [0.15, 0.2) is 72.8 Å². The standard InChI is InChI=1S/C26H24O3/c1-3-28-25-17-23-15-18(2)29-26(23)16-22(25)13-14-24(27)21-11-9-20(10-12-21)19-7-5-4-6-8-19/h4-14,16-18H,3,15H2,1-2H3/b14-13+/t18-/m1/s1. The number of benzene rings is 3. The average molecular weight is 384 g/mol. The van der Waals surface area contributed by atoms with Crippen molar-refractivity contribution in [1.29, 1.82) is 0 Å². The Kier molecular flexibility index (Phi) is 5.48. The molecule has 1 aliphatic rings. The van der Waals surface area contributed by atoms with E-state index in [0.717, 1.165) is 40.2 Å². The molecule has 0 saturated heterocycles. The fraction of sp³-hybridized carbons (Fsp3) is 0.192. The lowest BCUT2D eigenvalue weighted by Crippen LogP contribution is -2.05. The fourth-order valence-corrected chi connectivity index (χ4v) is 3.59. The predicted octanol–water partition coefficient (Wildman–Crippen LogP) is 5.97. The third kappa shape index (κ3) is 4.24. The van der Waals surface area contributed by atoms with Gasteiger partial charge in [0.15, 0.2) is 5.78 Å². The average Bonchev–Trinajstić information content (AvgIpc) is 3.11. The van der Waals surface area contributed by atoms with Crippen LogP contribution in [0.2, 0.25) is 0 Å². The molecule has 146 valence electrons. The van der Waals surface area contributed by atoms with Crippen molar-refractivity contribution in [2.45, 2.75) is 26.4 Å². The SMILES string of the molecule is CCOc1cc2c(cc1/C=C/C(=O)c1ccc(-c3ccccc3)cc1)O[C@H](C)C2. The molecule has 0 aliphatic carbocycles. The smallest absolute Gasteiger partial charge is 0.185 e. The highest BCUT2D eigenvalue weighted by Crippen LogP contribution is 2.35. The van der Waals surface area contributed by atoms with Gasteiger partial charge in [-0.3, -0.25) is 4.79 Å². The number of hydrogen-bond acceptors (Lipinski definition) is 3. The maximum Gasteiger partial charge on any atom is 0.185 e. The van der Waals surface area contributed by atoms with E-state index >= 15 is 0 Å². The van der Waals surface area contributed by atoms with Gasteiger partial charge in [-0.25, -0.2) is 0 Å². The van der Waals surface area contributed by atoms with Gasteiger partial charge in [-0.2, -0.15) is 0 Å². The number of carbonyl (C=O) groups excluding carboxylic acids is 1. The Morgan fingerprint density at radius 2 is 1.79 bits per heavy atom. The molecule has 1 aliphatic heterocycles.